The molecule has 0 aliphatic carbocycles. The fourth-order valence-corrected chi connectivity index (χ4v) is 2.04. The molecule has 0 aromatic heterocycles. The van der Waals surface area contributed by atoms with Crippen molar-refractivity contribution in [2.75, 3.05) is 6.67 Å². The summed E-state index contributed by atoms with van der Waals surface area (Å²) in [5, 5.41) is 3.60. The van der Waals surface area contributed by atoms with E-state index in [0.29, 0.717) is 5.37 Å². The van der Waals surface area contributed by atoms with Crippen LogP contribution in [0.2, 0.25) is 0 Å². The van der Waals surface area contributed by atoms with Crippen molar-refractivity contribution < 1.29 is 0 Å². The van der Waals surface area contributed by atoms with Gasteiger partial charge in [0.25, 0.3) is 0 Å². The zero-order chi connectivity index (χ0) is 8.39. The average Bonchev–Trinajstić information content (AvgIpc) is 2.54. The van der Waals surface area contributed by atoms with Crippen LogP contribution in [0.1, 0.15) is 10.9 Å². The number of hydrogen-bond donors (Lipinski definition) is 2. The van der Waals surface area contributed by atoms with Crippen molar-refractivity contribution >= 4 is 11.9 Å². The third-order valence-electron chi connectivity index (χ3n) is 1.78. The Balaban J connectivity index is 2.11. The first-order valence-corrected chi connectivity index (χ1v) is 4.67. The predicted octanol–water partition coefficient (Wildman–Crippen LogP) is 1.07. The number of benzene rings is 1. The Labute approximate surface area is 76.0 Å². The van der Waals surface area contributed by atoms with Crippen molar-refractivity contribution in [2.24, 2.45) is 5.84 Å². The van der Waals surface area contributed by atoms with E-state index in [2.05, 4.69) is 17.4 Å². The fraction of sp³-hybridized carbons (Fsp3) is 0.250. The van der Waals surface area contributed by atoms with E-state index in [0.717, 1.165) is 6.67 Å². The molecule has 0 amide bonds. The van der Waals surface area contributed by atoms with E-state index in [1.54, 1.807) is 16.4 Å². The first-order valence-electron chi connectivity index (χ1n) is 3.83. The fourth-order valence-electron chi connectivity index (χ4n) is 1.19. The predicted molar refractivity (Wildman–Crippen MR) is 50.8 cm³/mol. The molecular formula is C8H11N3S. The Kier molecular flexibility index (Phi) is 2.32. The van der Waals surface area contributed by atoms with E-state index in [4.69, 9.17) is 5.84 Å². The summed E-state index contributed by atoms with van der Waals surface area (Å²) in [6.07, 6.45) is 0. The minimum absolute atomic E-state index is 0.316. The third-order valence-corrected chi connectivity index (χ3v) is 2.83. The molecule has 1 aromatic carbocycles. The summed E-state index contributed by atoms with van der Waals surface area (Å²) in [5.74, 6) is 5.60. The summed E-state index contributed by atoms with van der Waals surface area (Å²) in [4.78, 5) is 0. The maximum Gasteiger partial charge on any atom is 0.0960 e. The third kappa shape index (κ3) is 1.61. The van der Waals surface area contributed by atoms with E-state index < -0.39 is 0 Å². The molecule has 1 aromatic rings. The molecule has 1 aliphatic rings. The van der Waals surface area contributed by atoms with Crippen LogP contribution in [0.3, 0.4) is 0 Å². The highest BCUT2D eigenvalue weighted by molar-refractivity contribution is 7.97. The summed E-state index contributed by atoms with van der Waals surface area (Å²) < 4.78 is 1.71. The molecule has 2 rings (SSSR count). The van der Waals surface area contributed by atoms with Gasteiger partial charge in [-0.1, -0.05) is 30.3 Å². The van der Waals surface area contributed by atoms with Gasteiger partial charge >= 0.3 is 0 Å². The largest absolute Gasteiger partial charge is 0.286 e. The van der Waals surface area contributed by atoms with Gasteiger partial charge in [-0.15, -0.1) is 0 Å². The van der Waals surface area contributed by atoms with Gasteiger partial charge in [0.15, 0.2) is 0 Å². The topological polar surface area (TPSA) is 41.3 Å². The summed E-state index contributed by atoms with van der Waals surface area (Å²) >= 11 is 1.62. The molecule has 1 atom stereocenters. The normalized spacial score (nSPS) is 24.6. The van der Waals surface area contributed by atoms with E-state index in [-0.39, 0.29) is 0 Å². The molecule has 0 saturated carbocycles. The molecule has 1 saturated heterocycles. The molecule has 0 spiro atoms. The summed E-state index contributed by atoms with van der Waals surface area (Å²) in [6.45, 7) is 0.740. The number of hydrazine groups is 1. The second-order valence-electron chi connectivity index (χ2n) is 2.68. The second-order valence-corrected chi connectivity index (χ2v) is 3.83. The number of rotatable bonds is 1. The van der Waals surface area contributed by atoms with Gasteiger partial charge < -0.3 is 0 Å². The van der Waals surface area contributed by atoms with Gasteiger partial charge in [-0.2, -0.15) is 4.41 Å². The smallest absolute Gasteiger partial charge is 0.0960 e. The van der Waals surface area contributed by atoms with Gasteiger partial charge in [0.1, 0.15) is 0 Å². The minimum atomic E-state index is 0.316. The molecule has 3 nitrogen and oxygen atoms in total. The Bertz CT molecular complexity index is 252. The maximum absolute atomic E-state index is 5.60. The standard InChI is InChI=1S/C8H11N3S/c9-11-6-10-8(12-11)7-4-2-1-3-5-7/h1-5,8,10H,6,9H2. The lowest BCUT2D eigenvalue weighted by Crippen LogP contribution is -2.24. The van der Waals surface area contributed by atoms with Crippen molar-refractivity contribution in [3.63, 3.8) is 0 Å². The van der Waals surface area contributed by atoms with E-state index in [9.17, 15) is 0 Å². The van der Waals surface area contributed by atoms with Crippen LogP contribution in [-0.4, -0.2) is 11.1 Å². The van der Waals surface area contributed by atoms with Crippen LogP contribution < -0.4 is 11.2 Å². The molecule has 64 valence electrons. The molecule has 1 unspecified atom stereocenters. The Morgan fingerprint density at radius 1 is 1.42 bits per heavy atom. The van der Waals surface area contributed by atoms with Crippen LogP contribution in [0.5, 0.6) is 0 Å². The van der Waals surface area contributed by atoms with Gasteiger partial charge in [0.2, 0.25) is 0 Å². The Morgan fingerprint density at radius 3 is 2.75 bits per heavy atom. The van der Waals surface area contributed by atoms with Gasteiger partial charge in [0.05, 0.1) is 12.0 Å². The second kappa shape index (κ2) is 3.45. The number of nitrogens with zero attached hydrogens (tertiary/aromatic N) is 1. The van der Waals surface area contributed by atoms with Gasteiger partial charge in [-0.3, -0.25) is 11.2 Å². The molecular weight excluding hydrogens is 170 g/mol. The van der Waals surface area contributed by atoms with Gasteiger partial charge in [0, 0.05) is 0 Å². The lowest BCUT2D eigenvalue weighted by Gasteiger charge is -2.08. The minimum Gasteiger partial charge on any atom is -0.286 e. The molecule has 4 heteroatoms. The van der Waals surface area contributed by atoms with Crippen molar-refractivity contribution in [3.8, 4) is 0 Å². The van der Waals surface area contributed by atoms with Crippen molar-refractivity contribution in [1.82, 2.24) is 9.73 Å². The van der Waals surface area contributed by atoms with E-state index in [1.165, 1.54) is 5.56 Å². The lowest BCUT2D eigenvalue weighted by atomic mass is 10.2. The zero-order valence-electron chi connectivity index (χ0n) is 6.60. The average molecular weight is 181 g/mol. The van der Waals surface area contributed by atoms with Crippen LogP contribution >= 0.6 is 11.9 Å². The lowest BCUT2D eigenvalue weighted by molar-refractivity contribution is 0.483. The Morgan fingerprint density at radius 2 is 2.17 bits per heavy atom. The zero-order valence-corrected chi connectivity index (χ0v) is 7.42. The van der Waals surface area contributed by atoms with Crippen molar-refractivity contribution in [1.29, 1.82) is 0 Å². The highest BCUT2D eigenvalue weighted by atomic mass is 32.2. The highest BCUT2D eigenvalue weighted by Crippen LogP contribution is 2.30. The summed E-state index contributed by atoms with van der Waals surface area (Å²) in [6, 6.07) is 10.3. The molecule has 1 heterocycles. The Hall–Kier alpha value is -0.550. The number of nitrogens with one attached hydrogen (secondary N) is 1. The quantitative estimate of drug-likeness (QED) is 0.502. The molecule has 0 bridgehead atoms. The molecule has 0 radical (unpaired) electrons. The van der Waals surface area contributed by atoms with Crippen molar-refractivity contribution in [2.45, 2.75) is 5.37 Å². The summed E-state index contributed by atoms with van der Waals surface area (Å²) in [7, 11) is 0. The monoisotopic (exact) mass is 181 g/mol. The highest BCUT2D eigenvalue weighted by Gasteiger charge is 2.20. The van der Waals surface area contributed by atoms with Crippen LogP contribution in [0.15, 0.2) is 30.3 Å². The van der Waals surface area contributed by atoms with E-state index in [1.807, 2.05) is 18.2 Å². The van der Waals surface area contributed by atoms with E-state index >= 15 is 0 Å². The summed E-state index contributed by atoms with van der Waals surface area (Å²) in [5.41, 5.74) is 1.27. The molecule has 12 heavy (non-hydrogen) atoms. The molecule has 3 N–H and O–H groups in total. The van der Waals surface area contributed by atoms with Crippen LogP contribution in [0, 0.1) is 0 Å². The van der Waals surface area contributed by atoms with Gasteiger partial charge in [-0.05, 0) is 17.5 Å². The molecule has 1 aliphatic heterocycles. The molecule has 1 fully saturated rings. The van der Waals surface area contributed by atoms with Gasteiger partial charge in [-0.25, -0.2) is 0 Å². The SMILES string of the molecule is NN1CNC(c2ccccc2)S1. The van der Waals surface area contributed by atoms with Crippen LogP contribution in [-0.2, 0) is 0 Å². The van der Waals surface area contributed by atoms with Crippen LogP contribution in [0.4, 0.5) is 0 Å². The first-order chi connectivity index (χ1) is 5.86. The first kappa shape index (κ1) is 8.07. The van der Waals surface area contributed by atoms with Crippen molar-refractivity contribution in [3.05, 3.63) is 35.9 Å². The maximum atomic E-state index is 5.60. The number of hydrogen-bond acceptors (Lipinski definition) is 4. The number of nitrogens with two attached hydrogens (primary N) is 1. The van der Waals surface area contributed by atoms with Crippen LogP contribution in [0.25, 0.3) is 0 Å².